The number of carbonyl (C=O) groups excluding carboxylic acids is 1. The summed E-state index contributed by atoms with van der Waals surface area (Å²) >= 11 is 0. The highest BCUT2D eigenvalue weighted by molar-refractivity contribution is 7.59. The zero-order valence-corrected chi connectivity index (χ0v) is 9.18. The molecule has 2 rings (SSSR count). The predicted octanol–water partition coefficient (Wildman–Crippen LogP) is 3.03. The summed E-state index contributed by atoms with van der Waals surface area (Å²) in [6.07, 6.45) is 0. The third kappa shape index (κ3) is 2.70. The molecule has 0 bridgehead atoms. The average Bonchev–Trinajstić information content (AvgIpc) is 2.30. The van der Waals surface area contributed by atoms with Crippen molar-refractivity contribution in [1.29, 1.82) is 0 Å². The SMILES string of the molecule is O=C(c1ccccc1)c1ccccc1.S. The molecule has 0 aliphatic carbocycles. The molecule has 0 aromatic heterocycles. The van der Waals surface area contributed by atoms with E-state index < -0.39 is 0 Å². The number of hydrogen-bond donors (Lipinski definition) is 0. The topological polar surface area (TPSA) is 17.1 Å². The lowest BCUT2D eigenvalue weighted by atomic mass is 10.0. The summed E-state index contributed by atoms with van der Waals surface area (Å²) < 4.78 is 0. The van der Waals surface area contributed by atoms with E-state index in [1.807, 2.05) is 60.7 Å². The van der Waals surface area contributed by atoms with Gasteiger partial charge in [-0.05, 0) is 0 Å². The molecule has 2 heteroatoms. The van der Waals surface area contributed by atoms with Gasteiger partial charge in [0.25, 0.3) is 0 Å². The minimum absolute atomic E-state index is 0. The van der Waals surface area contributed by atoms with Gasteiger partial charge in [-0.3, -0.25) is 4.79 Å². The molecule has 15 heavy (non-hydrogen) atoms. The van der Waals surface area contributed by atoms with E-state index in [4.69, 9.17) is 0 Å². The lowest BCUT2D eigenvalue weighted by Crippen LogP contribution is -1.99. The normalized spacial score (nSPS) is 9.07. The van der Waals surface area contributed by atoms with Gasteiger partial charge in [-0.15, -0.1) is 0 Å². The zero-order chi connectivity index (χ0) is 9.80. The summed E-state index contributed by atoms with van der Waals surface area (Å²) in [4.78, 5) is 11.8. The monoisotopic (exact) mass is 216 g/mol. The highest BCUT2D eigenvalue weighted by atomic mass is 32.1. The molecule has 0 saturated carbocycles. The summed E-state index contributed by atoms with van der Waals surface area (Å²) in [5.41, 5.74) is 1.47. The van der Waals surface area contributed by atoms with E-state index >= 15 is 0 Å². The van der Waals surface area contributed by atoms with E-state index in [0.29, 0.717) is 0 Å². The Labute approximate surface area is 96.2 Å². The fraction of sp³-hybridized carbons (Fsp3) is 0. The predicted molar refractivity (Wildman–Crippen MR) is 66.7 cm³/mol. The molecular weight excluding hydrogens is 204 g/mol. The van der Waals surface area contributed by atoms with Crippen LogP contribution in [0.25, 0.3) is 0 Å². The molecule has 0 N–H and O–H groups in total. The van der Waals surface area contributed by atoms with Gasteiger partial charge in [0.05, 0.1) is 0 Å². The molecule has 1 nitrogen and oxygen atoms in total. The van der Waals surface area contributed by atoms with Crippen LogP contribution in [0.1, 0.15) is 15.9 Å². The quantitative estimate of drug-likeness (QED) is 0.705. The molecule has 2 aromatic carbocycles. The standard InChI is InChI=1S/C13H10O.H2S/c14-13(11-7-3-1-4-8-11)12-9-5-2-6-10-12;/h1-10H;1H2. The van der Waals surface area contributed by atoms with Crippen LogP contribution in [0.2, 0.25) is 0 Å². The first kappa shape index (κ1) is 11.5. The minimum Gasteiger partial charge on any atom is -0.289 e. The van der Waals surface area contributed by atoms with Crippen LogP contribution in [0.15, 0.2) is 60.7 Å². The fourth-order valence-corrected chi connectivity index (χ4v) is 1.35. The minimum atomic E-state index is 0. The molecular formula is C13H12OS. The van der Waals surface area contributed by atoms with Crippen LogP contribution in [0, 0.1) is 0 Å². The first-order valence-corrected chi connectivity index (χ1v) is 4.53. The summed E-state index contributed by atoms with van der Waals surface area (Å²) in [7, 11) is 0. The van der Waals surface area contributed by atoms with Crippen molar-refractivity contribution < 1.29 is 4.79 Å². The van der Waals surface area contributed by atoms with E-state index in [1.165, 1.54) is 0 Å². The first-order chi connectivity index (χ1) is 6.88. The summed E-state index contributed by atoms with van der Waals surface area (Å²) in [5.74, 6) is 0.0752. The van der Waals surface area contributed by atoms with Crippen molar-refractivity contribution in [2.45, 2.75) is 0 Å². The maximum absolute atomic E-state index is 11.8. The van der Waals surface area contributed by atoms with Crippen molar-refractivity contribution in [2.24, 2.45) is 0 Å². The number of rotatable bonds is 2. The Morgan fingerprint density at radius 2 is 1.00 bits per heavy atom. The van der Waals surface area contributed by atoms with Gasteiger partial charge in [0.2, 0.25) is 0 Å². The molecule has 0 spiro atoms. The summed E-state index contributed by atoms with van der Waals surface area (Å²) in [5, 5.41) is 0. The highest BCUT2D eigenvalue weighted by Gasteiger charge is 2.06. The fourth-order valence-electron chi connectivity index (χ4n) is 1.35. The molecule has 0 radical (unpaired) electrons. The highest BCUT2D eigenvalue weighted by Crippen LogP contribution is 2.08. The van der Waals surface area contributed by atoms with E-state index in [1.54, 1.807) is 0 Å². The Bertz CT molecular complexity index is 381. The van der Waals surface area contributed by atoms with Gasteiger partial charge in [-0.2, -0.15) is 13.5 Å². The maximum Gasteiger partial charge on any atom is 0.193 e. The van der Waals surface area contributed by atoms with E-state index in [2.05, 4.69) is 0 Å². The smallest absolute Gasteiger partial charge is 0.193 e. The lowest BCUT2D eigenvalue weighted by Gasteiger charge is -1.99. The molecule has 0 heterocycles. The third-order valence-corrected chi connectivity index (χ3v) is 2.07. The van der Waals surface area contributed by atoms with Gasteiger partial charge in [-0.25, -0.2) is 0 Å². The van der Waals surface area contributed by atoms with Crippen LogP contribution < -0.4 is 0 Å². The molecule has 76 valence electrons. The summed E-state index contributed by atoms with van der Waals surface area (Å²) in [6.45, 7) is 0. The number of benzene rings is 2. The van der Waals surface area contributed by atoms with Crippen LogP contribution in [0.3, 0.4) is 0 Å². The largest absolute Gasteiger partial charge is 0.289 e. The van der Waals surface area contributed by atoms with Crippen molar-refractivity contribution in [3.63, 3.8) is 0 Å². The van der Waals surface area contributed by atoms with Gasteiger partial charge >= 0.3 is 0 Å². The maximum atomic E-state index is 11.8. The van der Waals surface area contributed by atoms with Crippen LogP contribution in [0.4, 0.5) is 0 Å². The van der Waals surface area contributed by atoms with Crippen molar-refractivity contribution in [3.8, 4) is 0 Å². The van der Waals surface area contributed by atoms with Crippen molar-refractivity contribution >= 4 is 19.3 Å². The Kier molecular flexibility index (Phi) is 4.13. The molecule has 2 aromatic rings. The van der Waals surface area contributed by atoms with Crippen LogP contribution in [0.5, 0.6) is 0 Å². The second-order valence-corrected chi connectivity index (χ2v) is 3.06. The van der Waals surface area contributed by atoms with Crippen molar-refractivity contribution in [3.05, 3.63) is 71.8 Å². The molecule has 0 aliphatic heterocycles. The lowest BCUT2D eigenvalue weighted by molar-refractivity contribution is 0.103. The number of carbonyl (C=O) groups is 1. The zero-order valence-electron chi connectivity index (χ0n) is 8.18. The summed E-state index contributed by atoms with van der Waals surface area (Å²) in [6, 6.07) is 18.6. The van der Waals surface area contributed by atoms with Crippen molar-refractivity contribution in [1.82, 2.24) is 0 Å². The average molecular weight is 216 g/mol. The van der Waals surface area contributed by atoms with Crippen molar-refractivity contribution in [2.75, 3.05) is 0 Å². The van der Waals surface area contributed by atoms with Gasteiger partial charge < -0.3 is 0 Å². The second kappa shape index (κ2) is 5.37. The van der Waals surface area contributed by atoms with Gasteiger partial charge in [0, 0.05) is 11.1 Å². The van der Waals surface area contributed by atoms with Crippen LogP contribution >= 0.6 is 13.5 Å². The third-order valence-electron chi connectivity index (χ3n) is 2.07. The number of ketones is 1. The van der Waals surface area contributed by atoms with Gasteiger partial charge in [-0.1, -0.05) is 60.7 Å². The molecule has 0 unspecified atom stereocenters. The Morgan fingerprint density at radius 1 is 0.667 bits per heavy atom. The molecule has 0 saturated heterocycles. The van der Waals surface area contributed by atoms with Crippen LogP contribution in [-0.2, 0) is 0 Å². The molecule has 0 fully saturated rings. The molecule has 0 amide bonds. The molecule has 0 atom stereocenters. The van der Waals surface area contributed by atoms with Crippen LogP contribution in [-0.4, -0.2) is 5.78 Å². The van der Waals surface area contributed by atoms with Gasteiger partial charge in [0.1, 0.15) is 0 Å². The second-order valence-electron chi connectivity index (χ2n) is 3.06. The Hall–Kier alpha value is -1.54. The van der Waals surface area contributed by atoms with Gasteiger partial charge in [0.15, 0.2) is 5.78 Å². The Balaban J connectivity index is 0.00000112. The van der Waals surface area contributed by atoms with E-state index in [9.17, 15) is 4.79 Å². The van der Waals surface area contributed by atoms with E-state index in [-0.39, 0.29) is 19.3 Å². The first-order valence-electron chi connectivity index (χ1n) is 4.53. The van der Waals surface area contributed by atoms with E-state index in [0.717, 1.165) is 11.1 Å². The Morgan fingerprint density at radius 3 is 1.33 bits per heavy atom. The molecule has 0 aliphatic rings. The number of hydrogen-bond acceptors (Lipinski definition) is 1.